The summed E-state index contributed by atoms with van der Waals surface area (Å²) >= 11 is 0. The maximum Gasteiger partial charge on any atom is 0.132 e. The highest BCUT2D eigenvalue weighted by molar-refractivity contribution is 5.77. The number of rotatable bonds is 9. The lowest BCUT2D eigenvalue weighted by molar-refractivity contribution is -0.118. The molecular weight excluding hydrogens is 190 g/mol. The van der Waals surface area contributed by atoms with Gasteiger partial charge < -0.3 is 4.74 Å². The number of Topliss-reactive ketones (excluding diaryl/α,β-unsaturated/α-hetero) is 1. The van der Waals surface area contributed by atoms with Crippen LogP contribution in [0, 0.1) is 0 Å². The van der Waals surface area contributed by atoms with Crippen LogP contribution in [0.4, 0.5) is 0 Å². The van der Waals surface area contributed by atoms with Gasteiger partial charge in [0.2, 0.25) is 0 Å². The molecule has 0 saturated heterocycles. The Bertz CT molecular complexity index is 169. The maximum absolute atomic E-state index is 11.1. The van der Waals surface area contributed by atoms with E-state index in [1.807, 2.05) is 6.92 Å². The zero-order valence-corrected chi connectivity index (χ0v) is 10.6. The van der Waals surface area contributed by atoms with E-state index in [0.717, 1.165) is 26.1 Å². The van der Waals surface area contributed by atoms with E-state index < -0.39 is 0 Å². The van der Waals surface area contributed by atoms with Crippen molar-refractivity contribution in [2.45, 2.75) is 46.1 Å². The van der Waals surface area contributed by atoms with Gasteiger partial charge in [-0.25, -0.2) is 0 Å². The van der Waals surface area contributed by atoms with Crippen molar-refractivity contribution in [2.75, 3.05) is 26.8 Å². The van der Waals surface area contributed by atoms with Gasteiger partial charge in [-0.1, -0.05) is 6.92 Å². The highest BCUT2D eigenvalue weighted by atomic mass is 16.5. The summed E-state index contributed by atoms with van der Waals surface area (Å²) in [7, 11) is 1.72. The predicted octanol–water partition coefficient (Wildman–Crippen LogP) is 2.10. The quantitative estimate of drug-likeness (QED) is 0.590. The summed E-state index contributed by atoms with van der Waals surface area (Å²) in [6, 6.07) is 0.525. The molecule has 0 aliphatic heterocycles. The topological polar surface area (TPSA) is 29.5 Å². The lowest BCUT2D eigenvalue weighted by atomic mass is 10.1. The largest absolute Gasteiger partial charge is 0.383 e. The van der Waals surface area contributed by atoms with Gasteiger partial charge in [0, 0.05) is 32.5 Å². The molecule has 0 atom stereocenters. The first-order valence-electron chi connectivity index (χ1n) is 5.86. The lowest BCUT2D eigenvalue weighted by Gasteiger charge is -2.25. The minimum absolute atomic E-state index is 0.366. The second kappa shape index (κ2) is 8.86. The molecule has 0 heterocycles. The average molecular weight is 215 g/mol. The van der Waals surface area contributed by atoms with Crippen LogP contribution in [0.3, 0.4) is 0 Å². The molecule has 0 fully saturated rings. The van der Waals surface area contributed by atoms with Gasteiger partial charge >= 0.3 is 0 Å². The molecule has 15 heavy (non-hydrogen) atoms. The maximum atomic E-state index is 11.1. The van der Waals surface area contributed by atoms with E-state index in [0.29, 0.717) is 24.7 Å². The number of ether oxygens (including phenoxy) is 1. The summed E-state index contributed by atoms with van der Waals surface area (Å²) in [6.45, 7) is 8.99. The molecule has 90 valence electrons. The van der Waals surface area contributed by atoms with E-state index in [-0.39, 0.29) is 0 Å². The monoisotopic (exact) mass is 215 g/mol. The molecule has 0 aromatic heterocycles. The third kappa shape index (κ3) is 7.51. The van der Waals surface area contributed by atoms with E-state index in [4.69, 9.17) is 4.74 Å². The zero-order chi connectivity index (χ0) is 11.7. The van der Waals surface area contributed by atoms with Crippen LogP contribution in [0.5, 0.6) is 0 Å². The molecule has 0 aromatic rings. The molecule has 3 nitrogen and oxygen atoms in total. The first-order chi connectivity index (χ1) is 7.11. The summed E-state index contributed by atoms with van der Waals surface area (Å²) in [5.74, 6) is 0.366. The van der Waals surface area contributed by atoms with Crippen molar-refractivity contribution in [3.8, 4) is 0 Å². The molecule has 0 saturated carbocycles. The third-order valence-electron chi connectivity index (χ3n) is 2.61. The number of hydrogen-bond acceptors (Lipinski definition) is 3. The fraction of sp³-hybridized carbons (Fsp3) is 0.917. The number of carbonyl (C=O) groups is 1. The van der Waals surface area contributed by atoms with E-state index in [1.165, 1.54) is 0 Å². The molecule has 0 spiro atoms. The standard InChI is InChI=1S/C12H25NO2/c1-5-12(14)7-6-8-13(11(2)3)9-10-15-4/h11H,5-10H2,1-4H3. The fourth-order valence-corrected chi connectivity index (χ4v) is 1.49. The first-order valence-corrected chi connectivity index (χ1v) is 5.86. The number of ketones is 1. The Hall–Kier alpha value is -0.410. The van der Waals surface area contributed by atoms with Crippen LogP contribution in [0.15, 0.2) is 0 Å². The van der Waals surface area contributed by atoms with Gasteiger partial charge in [-0.3, -0.25) is 9.69 Å². The fourth-order valence-electron chi connectivity index (χ4n) is 1.49. The molecule has 0 bridgehead atoms. The summed E-state index contributed by atoms with van der Waals surface area (Å²) in [4.78, 5) is 13.5. The van der Waals surface area contributed by atoms with E-state index in [1.54, 1.807) is 7.11 Å². The molecule has 0 aliphatic rings. The van der Waals surface area contributed by atoms with Crippen molar-refractivity contribution in [3.05, 3.63) is 0 Å². The molecule has 0 radical (unpaired) electrons. The lowest BCUT2D eigenvalue weighted by Crippen LogP contribution is -2.34. The van der Waals surface area contributed by atoms with Crippen LogP contribution in [0.25, 0.3) is 0 Å². The summed E-state index contributed by atoms with van der Waals surface area (Å²) in [5.41, 5.74) is 0. The molecular formula is C12H25NO2. The van der Waals surface area contributed by atoms with Gasteiger partial charge in [-0.15, -0.1) is 0 Å². The SMILES string of the molecule is CCC(=O)CCCN(CCOC)C(C)C. The molecule has 0 aliphatic carbocycles. The summed E-state index contributed by atoms with van der Waals surface area (Å²) in [5, 5.41) is 0. The first kappa shape index (κ1) is 14.6. The van der Waals surface area contributed by atoms with Crippen LogP contribution in [0.2, 0.25) is 0 Å². The zero-order valence-electron chi connectivity index (χ0n) is 10.6. The van der Waals surface area contributed by atoms with Crippen LogP contribution >= 0.6 is 0 Å². The number of carbonyl (C=O) groups excluding carboxylic acids is 1. The molecule has 0 aromatic carbocycles. The van der Waals surface area contributed by atoms with Crippen molar-refractivity contribution in [1.82, 2.24) is 4.90 Å². The third-order valence-corrected chi connectivity index (χ3v) is 2.61. The van der Waals surface area contributed by atoms with Crippen molar-refractivity contribution >= 4 is 5.78 Å². The highest BCUT2D eigenvalue weighted by Crippen LogP contribution is 2.02. The summed E-state index contributed by atoms with van der Waals surface area (Å²) in [6.07, 6.45) is 2.35. The Kier molecular flexibility index (Phi) is 8.62. The normalized spacial score (nSPS) is 11.3. The Labute approximate surface area is 93.8 Å². The van der Waals surface area contributed by atoms with Gasteiger partial charge in [0.1, 0.15) is 5.78 Å². The summed E-state index contributed by atoms with van der Waals surface area (Å²) < 4.78 is 5.06. The van der Waals surface area contributed by atoms with Gasteiger partial charge in [0.05, 0.1) is 6.61 Å². The minimum Gasteiger partial charge on any atom is -0.383 e. The van der Waals surface area contributed by atoms with Crippen molar-refractivity contribution < 1.29 is 9.53 Å². The van der Waals surface area contributed by atoms with E-state index in [2.05, 4.69) is 18.7 Å². The van der Waals surface area contributed by atoms with Crippen LogP contribution in [0.1, 0.15) is 40.0 Å². The molecule has 0 N–H and O–H groups in total. The van der Waals surface area contributed by atoms with Crippen molar-refractivity contribution in [2.24, 2.45) is 0 Å². The highest BCUT2D eigenvalue weighted by Gasteiger charge is 2.09. The van der Waals surface area contributed by atoms with Gasteiger partial charge in [-0.05, 0) is 26.8 Å². The van der Waals surface area contributed by atoms with E-state index in [9.17, 15) is 4.79 Å². The van der Waals surface area contributed by atoms with Crippen molar-refractivity contribution in [1.29, 1.82) is 0 Å². The van der Waals surface area contributed by atoms with Gasteiger partial charge in [0.15, 0.2) is 0 Å². The number of hydrogen-bond donors (Lipinski definition) is 0. The predicted molar refractivity (Wildman–Crippen MR) is 63.1 cm³/mol. The Morgan fingerprint density at radius 3 is 2.47 bits per heavy atom. The second-order valence-electron chi connectivity index (χ2n) is 4.12. The van der Waals surface area contributed by atoms with Crippen LogP contribution in [-0.4, -0.2) is 43.5 Å². The Morgan fingerprint density at radius 2 is 2.00 bits per heavy atom. The average Bonchev–Trinajstić information content (AvgIpc) is 2.22. The van der Waals surface area contributed by atoms with E-state index >= 15 is 0 Å². The molecule has 0 rings (SSSR count). The van der Waals surface area contributed by atoms with Crippen molar-refractivity contribution in [3.63, 3.8) is 0 Å². The second-order valence-corrected chi connectivity index (χ2v) is 4.12. The number of methoxy groups -OCH3 is 1. The minimum atomic E-state index is 0.366. The Morgan fingerprint density at radius 1 is 1.33 bits per heavy atom. The van der Waals surface area contributed by atoms with Crippen LogP contribution < -0.4 is 0 Å². The molecule has 0 amide bonds. The Balaban J connectivity index is 3.70. The van der Waals surface area contributed by atoms with Gasteiger partial charge in [-0.2, -0.15) is 0 Å². The molecule has 0 unspecified atom stereocenters. The molecule has 3 heteroatoms. The van der Waals surface area contributed by atoms with Gasteiger partial charge in [0.25, 0.3) is 0 Å². The van der Waals surface area contributed by atoms with Crippen LogP contribution in [-0.2, 0) is 9.53 Å². The number of nitrogens with zero attached hydrogens (tertiary/aromatic N) is 1. The smallest absolute Gasteiger partial charge is 0.132 e.